The number of hydrogen-bond donors (Lipinski definition) is 1. The van der Waals surface area contributed by atoms with Crippen molar-refractivity contribution in [3.8, 4) is 0 Å². The number of halogens is 4. The Hall–Kier alpha value is -3.85. The number of esters is 1. The summed E-state index contributed by atoms with van der Waals surface area (Å²) < 4.78 is 45.0. The molecule has 1 amide bonds. The maximum atomic E-state index is 13.3. The van der Waals surface area contributed by atoms with Crippen molar-refractivity contribution < 1.29 is 27.5 Å². The molecule has 0 saturated carbocycles. The number of anilines is 1. The zero-order valence-electron chi connectivity index (χ0n) is 21.6. The third-order valence-electron chi connectivity index (χ3n) is 6.29. The molecule has 0 bridgehead atoms. The smallest absolute Gasteiger partial charge is 0.417 e. The second kappa shape index (κ2) is 11.1. The van der Waals surface area contributed by atoms with Gasteiger partial charge in [-0.2, -0.15) is 18.3 Å². The summed E-state index contributed by atoms with van der Waals surface area (Å²) in [5.41, 5.74) is 1.05. The van der Waals surface area contributed by atoms with Crippen LogP contribution in [0.5, 0.6) is 0 Å². The van der Waals surface area contributed by atoms with Gasteiger partial charge in [-0.05, 0) is 62.7 Å². The first-order chi connectivity index (χ1) is 18.4. The largest absolute Gasteiger partial charge is 0.459 e. The van der Waals surface area contributed by atoms with Gasteiger partial charge in [0.25, 0.3) is 0 Å². The van der Waals surface area contributed by atoms with Crippen LogP contribution in [0.2, 0.25) is 5.02 Å². The number of rotatable bonds is 7. The Morgan fingerprint density at radius 1 is 1.08 bits per heavy atom. The number of ether oxygens (including phenoxy) is 1. The summed E-state index contributed by atoms with van der Waals surface area (Å²) in [5, 5.41) is 8.60. The van der Waals surface area contributed by atoms with Gasteiger partial charge >= 0.3 is 12.1 Å². The number of hydrogen-bond acceptors (Lipinski definition) is 5. The van der Waals surface area contributed by atoms with Crippen LogP contribution in [0.4, 0.5) is 18.9 Å². The Morgan fingerprint density at radius 3 is 2.33 bits per heavy atom. The van der Waals surface area contributed by atoms with Crippen molar-refractivity contribution in [1.82, 2.24) is 5.01 Å². The summed E-state index contributed by atoms with van der Waals surface area (Å²) in [6.45, 7) is 5.66. The first-order valence-electron chi connectivity index (χ1n) is 12.2. The Balaban J connectivity index is 1.55. The first kappa shape index (κ1) is 28.2. The number of amides is 1. The zero-order chi connectivity index (χ0) is 28.4. The van der Waals surface area contributed by atoms with Crippen LogP contribution in [0.3, 0.4) is 0 Å². The molecule has 1 atom stereocenters. The molecule has 39 heavy (non-hydrogen) atoms. The highest BCUT2D eigenvalue weighted by atomic mass is 35.5. The molecule has 10 heteroatoms. The Bertz CT molecular complexity index is 1390. The van der Waals surface area contributed by atoms with Crippen molar-refractivity contribution in [3.05, 3.63) is 100 Å². The summed E-state index contributed by atoms with van der Waals surface area (Å²) >= 11 is 6.02. The first-order valence-corrected chi connectivity index (χ1v) is 12.6. The van der Waals surface area contributed by atoms with Crippen LogP contribution in [0.1, 0.15) is 47.8 Å². The van der Waals surface area contributed by atoms with Gasteiger partial charge in [0.2, 0.25) is 5.91 Å². The van der Waals surface area contributed by atoms with Gasteiger partial charge in [0, 0.05) is 11.3 Å². The minimum Gasteiger partial charge on any atom is -0.459 e. The average Bonchev–Trinajstić information content (AvgIpc) is 3.20. The third-order valence-corrected chi connectivity index (χ3v) is 6.61. The van der Waals surface area contributed by atoms with E-state index < -0.39 is 28.1 Å². The van der Waals surface area contributed by atoms with Gasteiger partial charge in [-0.15, -0.1) is 0 Å². The maximum absolute atomic E-state index is 13.3. The summed E-state index contributed by atoms with van der Waals surface area (Å²) in [4.78, 5) is 24.9. The lowest BCUT2D eigenvalue weighted by Gasteiger charge is -2.27. The summed E-state index contributed by atoms with van der Waals surface area (Å²) in [6, 6.07) is 19.3. The second-order valence-electron chi connectivity index (χ2n) is 9.74. The van der Waals surface area contributed by atoms with Gasteiger partial charge in [0.05, 0.1) is 39.9 Å². The van der Waals surface area contributed by atoms with Gasteiger partial charge < -0.3 is 10.1 Å². The highest BCUT2D eigenvalue weighted by Gasteiger charge is 2.42. The van der Waals surface area contributed by atoms with Crippen LogP contribution in [-0.4, -0.2) is 41.8 Å². The van der Waals surface area contributed by atoms with Crippen LogP contribution in [0.25, 0.3) is 0 Å². The lowest BCUT2D eigenvalue weighted by molar-refractivity contribution is -0.137. The van der Waals surface area contributed by atoms with Crippen molar-refractivity contribution in [2.24, 2.45) is 5.10 Å². The Morgan fingerprint density at radius 2 is 1.74 bits per heavy atom. The summed E-state index contributed by atoms with van der Waals surface area (Å²) in [7, 11) is 0. The molecular weight excluding hydrogens is 531 g/mol. The van der Waals surface area contributed by atoms with E-state index in [2.05, 4.69) is 10.4 Å². The van der Waals surface area contributed by atoms with E-state index in [1.807, 2.05) is 37.3 Å². The molecule has 1 N–H and O–H groups in total. The van der Waals surface area contributed by atoms with E-state index in [1.54, 1.807) is 43.1 Å². The number of nitrogens with one attached hydrogen (secondary N) is 1. The van der Waals surface area contributed by atoms with Crippen molar-refractivity contribution in [2.45, 2.75) is 38.5 Å². The minimum absolute atomic E-state index is 0.0998. The molecule has 0 fully saturated rings. The molecule has 4 rings (SSSR count). The molecule has 204 valence electrons. The highest BCUT2D eigenvalue weighted by molar-refractivity contribution is 6.32. The number of carbonyl (C=O) groups excluding carboxylic acids is 2. The van der Waals surface area contributed by atoms with E-state index >= 15 is 0 Å². The summed E-state index contributed by atoms with van der Waals surface area (Å²) in [6.07, 6.45) is -4.82. The van der Waals surface area contributed by atoms with Crippen LogP contribution in [0, 0.1) is 0 Å². The van der Waals surface area contributed by atoms with Gasteiger partial charge in [0.1, 0.15) is 6.54 Å². The molecule has 3 aromatic rings. The van der Waals surface area contributed by atoms with E-state index in [9.17, 15) is 22.8 Å². The molecule has 0 spiro atoms. The fourth-order valence-electron chi connectivity index (χ4n) is 4.46. The van der Waals surface area contributed by atoms with E-state index in [-0.39, 0.29) is 18.6 Å². The molecule has 1 unspecified atom stereocenters. The lowest BCUT2D eigenvalue weighted by Crippen LogP contribution is -2.38. The van der Waals surface area contributed by atoms with Crippen molar-refractivity contribution in [1.29, 1.82) is 0 Å². The van der Waals surface area contributed by atoms with Crippen molar-refractivity contribution in [3.63, 3.8) is 0 Å². The van der Waals surface area contributed by atoms with E-state index in [4.69, 9.17) is 16.3 Å². The quantitative estimate of drug-likeness (QED) is 0.335. The van der Waals surface area contributed by atoms with Crippen molar-refractivity contribution in [2.75, 3.05) is 18.4 Å². The predicted molar refractivity (Wildman–Crippen MR) is 144 cm³/mol. The maximum Gasteiger partial charge on any atom is 0.417 e. The summed E-state index contributed by atoms with van der Waals surface area (Å²) in [5.74, 6) is -0.802. The molecule has 0 aliphatic carbocycles. The molecular formula is C29H27ClF3N3O3. The molecule has 0 saturated heterocycles. The standard InChI is InChI=1S/C29H27ClF3N3O3/c1-18(2)39-27(38)19-9-12-22(13-10-19)34-25(37)16-36-17-28(3,21-7-5-4-6-8-21)26(35-36)20-11-14-23(24(30)15-20)29(31,32)33/h4-15,18H,16-17H2,1-3H3,(H,34,37). The monoisotopic (exact) mass is 557 g/mol. The molecule has 1 aliphatic rings. The normalized spacial score (nSPS) is 17.2. The minimum atomic E-state index is -4.58. The topological polar surface area (TPSA) is 71.0 Å². The lowest BCUT2D eigenvalue weighted by atomic mass is 9.76. The second-order valence-corrected chi connectivity index (χ2v) is 10.1. The van der Waals surface area contributed by atoms with Gasteiger partial charge in [-0.3, -0.25) is 9.80 Å². The number of carbonyl (C=O) groups is 2. The van der Waals surface area contributed by atoms with Crippen LogP contribution < -0.4 is 5.32 Å². The average molecular weight is 558 g/mol. The Labute approximate surface area is 229 Å². The zero-order valence-corrected chi connectivity index (χ0v) is 22.3. The molecule has 1 heterocycles. The van der Waals surface area contributed by atoms with Gasteiger partial charge in [0.15, 0.2) is 0 Å². The number of hydrazone groups is 1. The molecule has 0 aromatic heterocycles. The fourth-order valence-corrected chi connectivity index (χ4v) is 4.75. The van der Waals surface area contributed by atoms with Crippen LogP contribution in [-0.2, 0) is 21.1 Å². The molecule has 3 aromatic carbocycles. The fraction of sp³-hybridized carbons (Fsp3) is 0.276. The Kier molecular flexibility index (Phi) is 8.02. The molecule has 1 aliphatic heterocycles. The van der Waals surface area contributed by atoms with E-state index in [0.29, 0.717) is 29.1 Å². The molecule has 6 nitrogen and oxygen atoms in total. The molecule has 0 radical (unpaired) electrons. The number of alkyl halides is 3. The van der Waals surface area contributed by atoms with Crippen molar-refractivity contribution >= 4 is 34.9 Å². The highest BCUT2D eigenvalue weighted by Crippen LogP contribution is 2.39. The van der Waals surface area contributed by atoms with E-state index in [0.717, 1.165) is 11.6 Å². The van der Waals surface area contributed by atoms with Gasteiger partial charge in [-0.25, -0.2) is 4.79 Å². The predicted octanol–water partition coefficient (Wildman–Crippen LogP) is 6.54. The van der Waals surface area contributed by atoms with E-state index in [1.165, 1.54) is 12.1 Å². The van der Waals surface area contributed by atoms with Crippen LogP contribution in [0.15, 0.2) is 77.9 Å². The third kappa shape index (κ3) is 6.42. The number of nitrogens with zero attached hydrogens (tertiary/aromatic N) is 2. The van der Waals surface area contributed by atoms with Gasteiger partial charge in [-0.1, -0.05) is 48.0 Å². The number of benzene rings is 3. The van der Waals surface area contributed by atoms with Crippen LogP contribution >= 0.6 is 11.6 Å². The SMILES string of the molecule is CC(C)OC(=O)c1ccc(NC(=O)CN2CC(C)(c3ccccc3)C(c3ccc(C(F)(F)F)c(Cl)c3)=N2)cc1.